The Morgan fingerprint density at radius 2 is 2.17 bits per heavy atom. The molecule has 158 valence electrons. The first kappa shape index (κ1) is 22.9. The first-order valence-electron chi connectivity index (χ1n) is 9.84. The molecule has 30 heavy (non-hydrogen) atoms. The Labute approximate surface area is 178 Å². The number of hydrogen-bond acceptors (Lipinski definition) is 7. The fourth-order valence-corrected chi connectivity index (χ4v) is 2.78. The molecule has 1 N–H and O–H groups in total. The van der Waals surface area contributed by atoms with Crippen LogP contribution in [0.4, 0.5) is 5.69 Å². The number of nitriles is 1. The number of ether oxygens (including phenoxy) is 1. The van der Waals surface area contributed by atoms with E-state index in [9.17, 15) is 10.4 Å². The summed E-state index contributed by atoms with van der Waals surface area (Å²) in [7, 11) is 0. The van der Waals surface area contributed by atoms with E-state index < -0.39 is 6.10 Å². The van der Waals surface area contributed by atoms with Crippen molar-refractivity contribution >= 4 is 18.4 Å². The number of aliphatic hydroxyl groups excluding tert-OH is 1. The summed E-state index contributed by atoms with van der Waals surface area (Å²) >= 11 is 0. The molecule has 1 heterocycles. The van der Waals surface area contributed by atoms with Gasteiger partial charge in [0.15, 0.2) is 0 Å². The van der Waals surface area contributed by atoms with Crippen LogP contribution in [0.15, 0.2) is 64.6 Å². The molecule has 1 aromatic rings. The van der Waals surface area contributed by atoms with Crippen LogP contribution in [0.1, 0.15) is 32.8 Å². The second-order valence-electron chi connectivity index (χ2n) is 6.91. The summed E-state index contributed by atoms with van der Waals surface area (Å²) in [5.74, 6) is 0.489. The Morgan fingerprint density at radius 1 is 1.43 bits per heavy atom. The summed E-state index contributed by atoms with van der Waals surface area (Å²) in [4.78, 5) is 8.45. The lowest BCUT2D eigenvalue weighted by Crippen LogP contribution is -2.43. The van der Waals surface area contributed by atoms with Gasteiger partial charge in [0, 0.05) is 6.07 Å². The molecule has 7 heteroatoms. The lowest BCUT2D eigenvalue weighted by Gasteiger charge is -2.33. The van der Waals surface area contributed by atoms with Crippen molar-refractivity contribution in [2.75, 3.05) is 18.2 Å². The normalized spacial score (nSPS) is 15.7. The molecule has 0 fully saturated rings. The van der Waals surface area contributed by atoms with Gasteiger partial charge in [-0.05, 0) is 39.3 Å². The summed E-state index contributed by atoms with van der Waals surface area (Å²) in [6.45, 7) is 10.4. The van der Waals surface area contributed by atoms with E-state index in [-0.39, 0.29) is 6.10 Å². The first-order chi connectivity index (χ1) is 14.5. The maximum absolute atomic E-state index is 9.95. The summed E-state index contributed by atoms with van der Waals surface area (Å²) in [6.07, 6.45) is 10.5. The molecule has 1 aromatic carbocycles. The molecule has 1 aliphatic rings. The average molecular weight is 408 g/mol. The summed E-state index contributed by atoms with van der Waals surface area (Å²) in [6, 6.07) is 7.60. The van der Waals surface area contributed by atoms with Gasteiger partial charge in [0.25, 0.3) is 0 Å². The molecule has 0 radical (unpaired) electrons. The molecule has 0 aliphatic carbocycles. The number of hydrazine groups is 1. The monoisotopic (exact) mass is 407 g/mol. The molecule has 0 bridgehead atoms. The van der Waals surface area contributed by atoms with Crippen LogP contribution < -0.4 is 9.75 Å². The van der Waals surface area contributed by atoms with Crippen LogP contribution >= 0.6 is 0 Å². The van der Waals surface area contributed by atoms with Crippen molar-refractivity contribution in [3.63, 3.8) is 0 Å². The highest BCUT2D eigenvalue weighted by Crippen LogP contribution is 2.28. The highest BCUT2D eigenvalue weighted by Gasteiger charge is 2.17. The van der Waals surface area contributed by atoms with E-state index in [0.717, 1.165) is 11.3 Å². The van der Waals surface area contributed by atoms with Crippen LogP contribution in [0.25, 0.3) is 0 Å². The van der Waals surface area contributed by atoms with Crippen molar-refractivity contribution in [3.05, 3.63) is 60.2 Å². The predicted octanol–water partition coefficient (Wildman–Crippen LogP) is 3.84. The summed E-state index contributed by atoms with van der Waals surface area (Å²) in [5.41, 5.74) is 2.34. The number of allylic oxidation sites excluding steroid dienone is 1. The molecule has 0 spiro atoms. The fourth-order valence-electron chi connectivity index (χ4n) is 2.78. The van der Waals surface area contributed by atoms with Crippen molar-refractivity contribution in [1.82, 2.24) is 5.01 Å². The number of nitrogens with zero attached hydrogens (tertiary/aromatic N) is 5. The van der Waals surface area contributed by atoms with E-state index in [1.165, 1.54) is 0 Å². The maximum atomic E-state index is 9.95. The van der Waals surface area contributed by atoms with Crippen molar-refractivity contribution in [2.24, 2.45) is 9.98 Å². The highest BCUT2D eigenvalue weighted by atomic mass is 16.5. The van der Waals surface area contributed by atoms with Gasteiger partial charge in [-0.3, -0.25) is 15.0 Å². The van der Waals surface area contributed by atoms with Gasteiger partial charge in [-0.15, -0.1) is 0 Å². The lowest BCUT2D eigenvalue weighted by molar-refractivity contribution is 0.226. The van der Waals surface area contributed by atoms with Crippen LogP contribution in [0, 0.1) is 11.3 Å². The minimum Gasteiger partial charge on any atom is -0.485 e. The fraction of sp³-hybridized carbons (Fsp3) is 0.348. The Balaban J connectivity index is 2.34. The zero-order chi connectivity index (χ0) is 21.9. The van der Waals surface area contributed by atoms with Crippen LogP contribution in [0.3, 0.4) is 0 Å². The van der Waals surface area contributed by atoms with E-state index in [2.05, 4.69) is 22.6 Å². The molecule has 2 unspecified atom stereocenters. The van der Waals surface area contributed by atoms with Crippen LogP contribution in [0.2, 0.25) is 0 Å². The van der Waals surface area contributed by atoms with Crippen LogP contribution in [-0.4, -0.2) is 48.2 Å². The third kappa shape index (κ3) is 6.61. The number of aliphatic imine (C=N–C) groups is 2. The average Bonchev–Trinajstić information content (AvgIpc) is 2.76. The SMILES string of the molecule is C=CC(C)Oc1cc(N(C/C(C)=C/CC(O)/C=C\C)N2C=NCN=C2)ccc1C#N. The predicted molar refractivity (Wildman–Crippen MR) is 122 cm³/mol. The molecule has 2 rings (SSSR count). The van der Waals surface area contributed by atoms with Gasteiger partial charge in [0.2, 0.25) is 0 Å². The number of anilines is 1. The topological polar surface area (TPSA) is 84.5 Å². The van der Waals surface area contributed by atoms with Gasteiger partial charge >= 0.3 is 0 Å². The Bertz CT molecular complexity index is 870. The van der Waals surface area contributed by atoms with Gasteiger partial charge in [-0.2, -0.15) is 5.26 Å². The minimum atomic E-state index is -0.508. The third-order valence-electron chi connectivity index (χ3n) is 4.39. The number of hydrogen-bond donors (Lipinski definition) is 1. The minimum absolute atomic E-state index is 0.228. The largest absolute Gasteiger partial charge is 0.485 e. The van der Waals surface area contributed by atoms with Crippen molar-refractivity contribution in [3.8, 4) is 11.8 Å². The van der Waals surface area contributed by atoms with Crippen molar-refractivity contribution in [2.45, 2.75) is 39.4 Å². The molecular formula is C23H29N5O2. The summed E-state index contributed by atoms with van der Waals surface area (Å²) < 4.78 is 5.87. The summed E-state index contributed by atoms with van der Waals surface area (Å²) in [5, 5.41) is 23.2. The van der Waals surface area contributed by atoms with Crippen LogP contribution in [-0.2, 0) is 0 Å². The molecule has 0 saturated heterocycles. The van der Waals surface area contributed by atoms with E-state index in [1.807, 2.05) is 50.1 Å². The van der Waals surface area contributed by atoms with Crippen LogP contribution in [0.5, 0.6) is 5.75 Å². The second kappa shape index (κ2) is 11.6. The third-order valence-corrected chi connectivity index (χ3v) is 4.39. The smallest absolute Gasteiger partial charge is 0.140 e. The molecule has 7 nitrogen and oxygen atoms in total. The molecule has 2 atom stereocenters. The first-order valence-corrected chi connectivity index (χ1v) is 9.84. The second-order valence-corrected chi connectivity index (χ2v) is 6.91. The molecule has 0 saturated carbocycles. The van der Waals surface area contributed by atoms with Gasteiger partial charge in [-0.25, -0.2) is 5.01 Å². The van der Waals surface area contributed by atoms with E-state index in [0.29, 0.717) is 30.9 Å². The number of aliphatic hydroxyl groups is 1. The van der Waals surface area contributed by atoms with Gasteiger partial charge < -0.3 is 9.84 Å². The Hall–Kier alpha value is -3.37. The van der Waals surface area contributed by atoms with E-state index >= 15 is 0 Å². The molecule has 0 aromatic heterocycles. The molecular weight excluding hydrogens is 378 g/mol. The van der Waals surface area contributed by atoms with Crippen molar-refractivity contribution < 1.29 is 9.84 Å². The van der Waals surface area contributed by atoms with E-state index in [1.54, 1.807) is 35.9 Å². The maximum Gasteiger partial charge on any atom is 0.140 e. The lowest BCUT2D eigenvalue weighted by atomic mass is 10.1. The molecule has 1 aliphatic heterocycles. The van der Waals surface area contributed by atoms with Gasteiger partial charge in [0.05, 0.1) is 23.9 Å². The van der Waals surface area contributed by atoms with Gasteiger partial charge in [0.1, 0.15) is 37.3 Å². The quantitative estimate of drug-likeness (QED) is 0.596. The highest BCUT2D eigenvalue weighted by molar-refractivity contribution is 5.80. The van der Waals surface area contributed by atoms with Crippen molar-refractivity contribution in [1.29, 1.82) is 5.26 Å². The Morgan fingerprint density at radius 3 is 2.80 bits per heavy atom. The zero-order valence-electron chi connectivity index (χ0n) is 17.8. The van der Waals surface area contributed by atoms with Gasteiger partial charge in [-0.1, -0.05) is 36.5 Å². The zero-order valence-corrected chi connectivity index (χ0v) is 17.8. The van der Waals surface area contributed by atoms with E-state index in [4.69, 9.17) is 4.74 Å². The number of rotatable bonds is 10. The number of benzene rings is 1. The Kier molecular flexibility index (Phi) is 8.85. The molecule has 0 amide bonds. The standard InChI is InChI=1S/C23H29N5O2/c1-5-7-22(29)11-8-18(3)14-28(27-16-25-15-26-17-27)21-10-9-20(13-24)23(12-21)30-19(4)6-2/h5-10,12,16-17,19,22,29H,2,11,14-15H2,1,3-4H3/b7-5-,18-8+.